The Kier molecular flexibility index (Phi) is 3.79. The van der Waals surface area contributed by atoms with E-state index < -0.39 is 12.1 Å². The lowest BCUT2D eigenvalue weighted by Crippen LogP contribution is -2.34. The molecule has 2 unspecified atom stereocenters. The molecule has 1 aliphatic carbocycles. The van der Waals surface area contributed by atoms with E-state index in [4.69, 9.17) is 5.11 Å². The molecule has 0 aromatic heterocycles. The smallest absolute Gasteiger partial charge is 0.455 e. The highest BCUT2D eigenvalue weighted by molar-refractivity contribution is 5.73. The van der Waals surface area contributed by atoms with E-state index in [0.717, 1.165) is 6.42 Å². The second-order valence-electron chi connectivity index (χ2n) is 3.81. The van der Waals surface area contributed by atoms with Gasteiger partial charge in [-0.05, 0) is 24.7 Å². The summed E-state index contributed by atoms with van der Waals surface area (Å²) in [5, 5.41) is 8.15. The van der Waals surface area contributed by atoms with E-state index in [0.29, 0.717) is 6.42 Å². The zero-order valence-electron chi connectivity index (χ0n) is 8.45. The first kappa shape index (κ1) is 12.1. The molecular formula is C10H14F2O3. The summed E-state index contributed by atoms with van der Waals surface area (Å²) in [7, 11) is 0. The molecule has 86 valence electrons. The van der Waals surface area contributed by atoms with Gasteiger partial charge in [0.25, 0.3) is 0 Å². The fraction of sp³-hybridized carbons (Fsp3) is 0.700. The molecule has 0 fully saturated rings. The quantitative estimate of drug-likeness (QED) is 0.739. The molecule has 0 saturated carbocycles. The number of rotatable bonds is 4. The van der Waals surface area contributed by atoms with Crippen molar-refractivity contribution in [3.63, 3.8) is 0 Å². The number of hydrogen-bond acceptors (Lipinski definition) is 2. The number of alkyl halides is 2. The minimum absolute atomic E-state index is 0.0276. The number of allylic oxidation sites excluding steroid dienone is 2. The average Bonchev–Trinajstić information content (AvgIpc) is 2.16. The van der Waals surface area contributed by atoms with Crippen LogP contribution in [0.4, 0.5) is 8.78 Å². The first-order valence-corrected chi connectivity index (χ1v) is 4.83. The van der Waals surface area contributed by atoms with E-state index in [1.54, 1.807) is 0 Å². The molecule has 1 aliphatic rings. The average molecular weight is 220 g/mol. The molecule has 3 nitrogen and oxygen atoms in total. The van der Waals surface area contributed by atoms with Crippen molar-refractivity contribution in [3.8, 4) is 0 Å². The van der Waals surface area contributed by atoms with Crippen LogP contribution in [-0.4, -0.2) is 23.8 Å². The van der Waals surface area contributed by atoms with Crippen molar-refractivity contribution in [2.75, 3.05) is 6.61 Å². The maximum absolute atomic E-state index is 12.6. The van der Waals surface area contributed by atoms with Gasteiger partial charge in [-0.3, -0.25) is 0 Å². The third-order valence-electron chi connectivity index (χ3n) is 2.65. The molecule has 0 spiro atoms. The minimum atomic E-state index is -4.07. The molecule has 1 N–H and O–H groups in total. The lowest BCUT2D eigenvalue weighted by atomic mass is 9.85. The third kappa shape index (κ3) is 3.27. The molecule has 1 rings (SSSR count). The summed E-state index contributed by atoms with van der Waals surface area (Å²) < 4.78 is 29.3. The molecule has 0 aliphatic heterocycles. The van der Waals surface area contributed by atoms with Crippen LogP contribution in [0.3, 0.4) is 0 Å². The van der Waals surface area contributed by atoms with Gasteiger partial charge in [-0.25, -0.2) is 4.79 Å². The van der Waals surface area contributed by atoms with Crippen molar-refractivity contribution in [3.05, 3.63) is 12.2 Å². The second-order valence-corrected chi connectivity index (χ2v) is 3.81. The number of carboxylic acid groups (broad SMARTS) is 1. The van der Waals surface area contributed by atoms with Crippen LogP contribution in [0, 0.1) is 11.8 Å². The summed E-state index contributed by atoms with van der Waals surface area (Å²) in [5.74, 6) is -2.01. The normalized spacial score (nSPS) is 26.6. The molecule has 0 aromatic carbocycles. The predicted molar refractivity (Wildman–Crippen MR) is 49.6 cm³/mol. The zero-order chi connectivity index (χ0) is 11.5. The van der Waals surface area contributed by atoms with Gasteiger partial charge in [-0.1, -0.05) is 19.1 Å². The highest BCUT2D eigenvalue weighted by Crippen LogP contribution is 2.27. The van der Waals surface area contributed by atoms with Gasteiger partial charge in [0.05, 0.1) is 6.61 Å². The molecule has 0 amide bonds. The predicted octanol–water partition coefficient (Wildman–Crippen LogP) is 2.28. The summed E-state index contributed by atoms with van der Waals surface area (Å²) in [6, 6.07) is 0. The number of carboxylic acids is 1. The summed E-state index contributed by atoms with van der Waals surface area (Å²) >= 11 is 0. The Hall–Kier alpha value is -0.970. The van der Waals surface area contributed by atoms with Crippen molar-refractivity contribution in [1.82, 2.24) is 0 Å². The van der Waals surface area contributed by atoms with Gasteiger partial charge >= 0.3 is 12.1 Å². The zero-order valence-corrected chi connectivity index (χ0v) is 8.45. The van der Waals surface area contributed by atoms with E-state index in [9.17, 15) is 13.6 Å². The summed E-state index contributed by atoms with van der Waals surface area (Å²) in [6.07, 6.45) is 1.33. The maximum atomic E-state index is 12.6. The van der Waals surface area contributed by atoms with E-state index in [2.05, 4.69) is 4.74 Å². The lowest BCUT2D eigenvalue weighted by molar-refractivity contribution is -0.250. The Morgan fingerprint density at radius 3 is 2.67 bits per heavy atom. The van der Waals surface area contributed by atoms with Crippen molar-refractivity contribution < 1.29 is 23.4 Å². The van der Waals surface area contributed by atoms with E-state index in [1.165, 1.54) is 0 Å². The van der Waals surface area contributed by atoms with Crippen LogP contribution in [0.5, 0.6) is 0 Å². The molecule has 0 saturated heterocycles. The Morgan fingerprint density at radius 1 is 1.53 bits per heavy atom. The number of carbonyl (C=O) groups is 1. The molecule has 5 heteroatoms. The monoisotopic (exact) mass is 220 g/mol. The van der Waals surface area contributed by atoms with Crippen LogP contribution in [0.25, 0.3) is 0 Å². The molecule has 2 atom stereocenters. The van der Waals surface area contributed by atoms with Crippen LogP contribution in [0.15, 0.2) is 12.2 Å². The molecule has 0 heterocycles. The summed E-state index contributed by atoms with van der Waals surface area (Å²) in [5.41, 5.74) is 0. The van der Waals surface area contributed by atoms with Crippen molar-refractivity contribution in [2.45, 2.75) is 25.9 Å². The fourth-order valence-corrected chi connectivity index (χ4v) is 1.51. The van der Waals surface area contributed by atoms with Gasteiger partial charge in [0, 0.05) is 0 Å². The number of aliphatic carboxylic acids is 1. The number of halogens is 2. The highest BCUT2D eigenvalue weighted by atomic mass is 19.3. The molecular weight excluding hydrogens is 206 g/mol. The van der Waals surface area contributed by atoms with Crippen LogP contribution in [0.2, 0.25) is 0 Å². The van der Waals surface area contributed by atoms with Crippen molar-refractivity contribution in [1.29, 1.82) is 0 Å². The van der Waals surface area contributed by atoms with Gasteiger partial charge in [0.2, 0.25) is 0 Å². The van der Waals surface area contributed by atoms with Gasteiger partial charge in [0.15, 0.2) is 0 Å². The largest absolute Gasteiger partial charge is 0.475 e. The van der Waals surface area contributed by atoms with Gasteiger partial charge in [0.1, 0.15) is 0 Å². The third-order valence-corrected chi connectivity index (χ3v) is 2.65. The maximum Gasteiger partial charge on any atom is 0.455 e. The van der Waals surface area contributed by atoms with Gasteiger partial charge in [-0.2, -0.15) is 8.78 Å². The van der Waals surface area contributed by atoms with Crippen molar-refractivity contribution in [2.24, 2.45) is 11.8 Å². The first-order chi connectivity index (χ1) is 6.93. The topological polar surface area (TPSA) is 46.5 Å². The molecule has 0 bridgehead atoms. The van der Waals surface area contributed by atoms with E-state index in [-0.39, 0.29) is 18.4 Å². The molecule has 0 radical (unpaired) electrons. The highest BCUT2D eigenvalue weighted by Gasteiger charge is 2.41. The SMILES string of the molecule is CC1CC=CCC1COC(F)(F)C(=O)O. The van der Waals surface area contributed by atoms with Crippen molar-refractivity contribution >= 4 is 5.97 Å². The lowest BCUT2D eigenvalue weighted by Gasteiger charge is -2.26. The number of ether oxygens (including phenoxy) is 1. The standard InChI is InChI=1S/C10H14F2O3/c1-7-4-2-3-5-8(7)6-15-10(11,12)9(13)14/h2-3,7-8H,4-6H2,1H3,(H,13,14). The summed E-state index contributed by atoms with van der Waals surface area (Å²) in [6.45, 7) is 1.72. The first-order valence-electron chi connectivity index (χ1n) is 4.83. The number of hydrogen-bond donors (Lipinski definition) is 1. The van der Waals surface area contributed by atoms with Crippen LogP contribution in [-0.2, 0) is 9.53 Å². The Labute approximate surface area is 86.7 Å². The molecule has 15 heavy (non-hydrogen) atoms. The second kappa shape index (κ2) is 4.70. The Balaban J connectivity index is 2.43. The Morgan fingerprint density at radius 2 is 2.13 bits per heavy atom. The van der Waals surface area contributed by atoms with E-state index in [1.807, 2.05) is 19.1 Å². The Bertz CT molecular complexity index is 263. The van der Waals surface area contributed by atoms with Gasteiger partial charge < -0.3 is 9.84 Å². The van der Waals surface area contributed by atoms with Crippen LogP contribution < -0.4 is 0 Å². The summed E-state index contributed by atoms with van der Waals surface area (Å²) in [4.78, 5) is 10.1. The van der Waals surface area contributed by atoms with Crippen LogP contribution in [0.1, 0.15) is 19.8 Å². The van der Waals surface area contributed by atoms with E-state index >= 15 is 0 Å². The fourth-order valence-electron chi connectivity index (χ4n) is 1.51. The van der Waals surface area contributed by atoms with Crippen LogP contribution >= 0.6 is 0 Å². The minimum Gasteiger partial charge on any atom is -0.475 e. The van der Waals surface area contributed by atoms with Gasteiger partial charge in [-0.15, -0.1) is 0 Å². The molecule has 0 aromatic rings.